The molecule has 0 aromatic carbocycles. The first kappa shape index (κ1) is 39.4. The average Bonchev–Trinajstić information content (AvgIpc) is 3.94. The molecular weight excluding hydrogens is 721 g/mol. The SMILES string of the molecule is CCCCO[Si](C)(CCC1CCC2OC2C1)O[Si](C)(CCC1CCC2OC2C1)O[Si](C)(CCC1CCC2OC2C1)O[SiH](C)CCC1CCC2OC2C1. The molecule has 52 heavy (non-hydrogen) atoms. The highest BCUT2D eigenvalue weighted by atomic mass is 28.5. The van der Waals surface area contributed by atoms with Crippen molar-refractivity contribution in [2.24, 2.45) is 23.7 Å². The third kappa shape index (κ3) is 10.9. The van der Waals surface area contributed by atoms with Crippen LogP contribution in [0.15, 0.2) is 0 Å². The standard InChI is InChI=1S/C40H74O8Si4/c1-6-7-20-41-50(3,22-17-30-9-13-34-38(26-30)43-34)47-52(5,24-19-32-11-15-36-40(28-32)45-36)48-51(4,23-18-31-10-14-35-39(27-31)44-35)46-49(2)21-16-29-8-12-33-37(25-29)42-33/h29-40,49H,6-28H2,1-5H3. The first-order valence-electron chi connectivity index (χ1n) is 22.4. The Morgan fingerprint density at radius 1 is 0.519 bits per heavy atom. The molecule has 4 aliphatic heterocycles. The van der Waals surface area contributed by atoms with E-state index >= 15 is 0 Å². The first-order valence-corrected chi connectivity index (χ1v) is 32.4. The molecule has 8 nitrogen and oxygen atoms in total. The van der Waals surface area contributed by atoms with E-state index in [4.69, 9.17) is 35.7 Å². The minimum atomic E-state index is -2.69. The number of unbranched alkanes of at least 4 members (excludes halogenated alkanes) is 1. The van der Waals surface area contributed by atoms with E-state index in [1.807, 2.05) is 0 Å². The summed E-state index contributed by atoms with van der Waals surface area (Å²) >= 11 is 0. The van der Waals surface area contributed by atoms with Crippen LogP contribution in [-0.2, 0) is 35.7 Å². The van der Waals surface area contributed by atoms with Crippen LogP contribution in [0, 0.1) is 23.7 Å². The summed E-state index contributed by atoms with van der Waals surface area (Å²) in [4.78, 5) is 0. The molecule has 298 valence electrons. The second-order valence-corrected chi connectivity index (χ2v) is 32.9. The minimum absolute atomic E-state index is 0.512. The van der Waals surface area contributed by atoms with Crippen molar-refractivity contribution in [3.63, 3.8) is 0 Å². The molecule has 4 heterocycles. The van der Waals surface area contributed by atoms with Crippen molar-refractivity contribution in [2.45, 2.75) is 222 Å². The highest BCUT2D eigenvalue weighted by Gasteiger charge is 2.52. The number of hydrogen-bond acceptors (Lipinski definition) is 8. The lowest BCUT2D eigenvalue weighted by Crippen LogP contribution is -2.59. The number of ether oxygens (including phenoxy) is 4. The molecule has 0 N–H and O–H groups in total. The van der Waals surface area contributed by atoms with Gasteiger partial charge in [0.05, 0.1) is 48.8 Å². The molecule has 4 saturated carbocycles. The van der Waals surface area contributed by atoms with Crippen molar-refractivity contribution in [1.82, 2.24) is 0 Å². The fourth-order valence-corrected chi connectivity index (χ4v) is 30.3. The van der Waals surface area contributed by atoms with Crippen LogP contribution in [0.3, 0.4) is 0 Å². The van der Waals surface area contributed by atoms with Gasteiger partial charge in [0, 0.05) is 6.61 Å². The average molecular weight is 795 g/mol. The van der Waals surface area contributed by atoms with Crippen LogP contribution in [0.25, 0.3) is 0 Å². The third-order valence-electron chi connectivity index (χ3n) is 14.7. The Balaban J connectivity index is 0.970. The maximum Gasteiger partial charge on any atom is 0.326 e. The molecule has 0 radical (unpaired) electrons. The van der Waals surface area contributed by atoms with E-state index in [0.29, 0.717) is 54.7 Å². The maximum absolute atomic E-state index is 7.81. The molecule has 0 aromatic rings. The van der Waals surface area contributed by atoms with Crippen LogP contribution in [0.1, 0.15) is 122 Å². The van der Waals surface area contributed by atoms with Crippen LogP contribution in [-0.4, -0.2) is 90.2 Å². The zero-order chi connectivity index (χ0) is 35.9. The summed E-state index contributed by atoms with van der Waals surface area (Å²) < 4.78 is 53.7. The van der Waals surface area contributed by atoms with E-state index in [1.54, 1.807) is 0 Å². The van der Waals surface area contributed by atoms with Gasteiger partial charge in [-0.05, 0) is 177 Å². The van der Waals surface area contributed by atoms with Gasteiger partial charge in [-0.1, -0.05) is 19.8 Å². The lowest BCUT2D eigenvalue weighted by atomic mass is 9.88. The van der Waals surface area contributed by atoms with Gasteiger partial charge in [0.2, 0.25) is 0 Å². The zero-order valence-corrected chi connectivity index (χ0v) is 37.7. The van der Waals surface area contributed by atoms with Crippen LogP contribution in [0.4, 0.5) is 0 Å². The zero-order valence-electron chi connectivity index (χ0n) is 33.5. The van der Waals surface area contributed by atoms with E-state index in [2.05, 4.69) is 33.1 Å². The van der Waals surface area contributed by atoms with Crippen molar-refractivity contribution >= 4 is 34.7 Å². The predicted molar refractivity (Wildman–Crippen MR) is 214 cm³/mol. The summed E-state index contributed by atoms with van der Waals surface area (Å²) in [6.07, 6.45) is 26.6. The Morgan fingerprint density at radius 2 is 0.923 bits per heavy atom. The van der Waals surface area contributed by atoms with Crippen molar-refractivity contribution in [2.75, 3.05) is 6.61 Å². The summed E-state index contributed by atoms with van der Waals surface area (Å²) in [5.41, 5.74) is 0. The van der Waals surface area contributed by atoms with Crippen LogP contribution in [0.5, 0.6) is 0 Å². The van der Waals surface area contributed by atoms with E-state index in [-0.39, 0.29) is 0 Å². The largest absolute Gasteiger partial charge is 0.439 e. The molecule has 16 unspecified atom stereocenters. The molecular formula is C40H74O8Si4. The van der Waals surface area contributed by atoms with Gasteiger partial charge in [0.1, 0.15) is 0 Å². The molecule has 8 fully saturated rings. The first-order chi connectivity index (χ1) is 25.0. The van der Waals surface area contributed by atoms with E-state index in [9.17, 15) is 0 Å². The lowest BCUT2D eigenvalue weighted by molar-refractivity contribution is 0.205. The van der Waals surface area contributed by atoms with Crippen molar-refractivity contribution in [1.29, 1.82) is 0 Å². The number of fused-ring (bicyclic) bond motifs is 4. The van der Waals surface area contributed by atoms with Gasteiger partial charge in [-0.15, -0.1) is 0 Å². The van der Waals surface area contributed by atoms with Gasteiger partial charge >= 0.3 is 25.7 Å². The second-order valence-electron chi connectivity index (χ2n) is 19.5. The Kier molecular flexibility index (Phi) is 12.7. The lowest BCUT2D eigenvalue weighted by Gasteiger charge is -2.44. The van der Waals surface area contributed by atoms with Gasteiger partial charge in [-0.25, -0.2) is 0 Å². The summed E-state index contributed by atoms with van der Waals surface area (Å²) in [7, 11) is -9.23. The van der Waals surface area contributed by atoms with Crippen LogP contribution in [0.2, 0.25) is 50.4 Å². The maximum atomic E-state index is 7.81. The molecule has 0 aromatic heterocycles. The predicted octanol–water partition coefficient (Wildman–Crippen LogP) is 9.25. The highest BCUT2D eigenvalue weighted by molar-refractivity contribution is 6.87. The Hall–Kier alpha value is 0.548. The summed E-state index contributed by atoms with van der Waals surface area (Å²) in [5.74, 6) is 3.00. The topological polar surface area (TPSA) is 87.0 Å². The quantitative estimate of drug-likeness (QED) is 0.0610. The minimum Gasteiger partial charge on any atom is -0.439 e. The molecule has 0 amide bonds. The number of rotatable bonds is 22. The molecule has 12 heteroatoms. The van der Waals surface area contributed by atoms with E-state index < -0.39 is 34.7 Å². The Morgan fingerprint density at radius 3 is 1.37 bits per heavy atom. The fourth-order valence-electron chi connectivity index (χ4n) is 11.1. The monoisotopic (exact) mass is 794 g/mol. The Bertz CT molecular complexity index is 1190. The van der Waals surface area contributed by atoms with Crippen molar-refractivity contribution in [3.8, 4) is 0 Å². The molecule has 4 saturated heterocycles. The van der Waals surface area contributed by atoms with Gasteiger partial charge in [0.15, 0.2) is 9.04 Å². The van der Waals surface area contributed by atoms with Crippen molar-refractivity contribution < 1.29 is 35.7 Å². The molecule has 0 spiro atoms. The molecule has 0 bridgehead atoms. The van der Waals surface area contributed by atoms with Crippen molar-refractivity contribution in [3.05, 3.63) is 0 Å². The smallest absolute Gasteiger partial charge is 0.326 e. The second kappa shape index (κ2) is 16.8. The van der Waals surface area contributed by atoms with Crippen LogP contribution >= 0.6 is 0 Å². The molecule has 8 aliphatic rings. The number of epoxide rings is 4. The van der Waals surface area contributed by atoms with Gasteiger partial charge < -0.3 is 35.7 Å². The van der Waals surface area contributed by atoms with E-state index in [0.717, 1.165) is 55.3 Å². The molecule has 8 rings (SSSR count). The summed E-state index contributed by atoms with van der Waals surface area (Å²) in [6, 6.07) is 4.44. The normalized spacial score (nSPS) is 42.6. The van der Waals surface area contributed by atoms with Gasteiger partial charge in [-0.3, -0.25) is 0 Å². The van der Waals surface area contributed by atoms with Gasteiger partial charge in [-0.2, -0.15) is 0 Å². The van der Waals surface area contributed by atoms with E-state index in [1.165, 1.54) is 109 Å². The Labute approximate surface area is 321 Å². The molecule has 4 aliphatic carbocycles. The van der Waals surface area contributed by atoms with Gasteiger partial charge in [0.25, 0.3) is 0 Å². The highest BCUT2D eigenvalue weighted by Crippen LogP contribution is 2.46. The van der Waals surface area contributed by atoms with Crippen LogP contribution < -0.4 is 0 Å². The molecule has 16 atom stereocenters. The number of hydrogen-bond donors (Lipinski definition) is 0. The summed E-state index contributed by atoms with van der Waals surface area (Å²) in [6.45, 7) is 12.8. The third-order valence-corrected chi connectivity index (χ3v) is 30.7. The summed E-state index contributed by atoms with van der Waals surface area (Å²) in [5, 5.41) is 0. The fraction of sp³-hybridized carbons (Fsp3) is 1.00.